The molecule has 0 aliphatic rings. The van der Waals surface area contributed by atoms with Crippen LogP contribution in [0.25, 0.3) is 22.4 Å². The minimum Gasteiger partial charge on any atom is -0.408 e. The number of nitrogen functional groups attached to an aromatic ring is 1. The van der Waals surface area contributed by atoms with Gasteiger partial charge in [-0.15, -0.1) is 0 Å². The largest absolute Gasteiger partial charge is 0.417 e. The summed E-state index contributed by atoms with van der Waals surface area (Å²) < 4.78 is 6.77. The van der Waals surface area contributed by atoms with E-state index in [1.807, 2.05) is 30.7 Å². The molecule has 92 valence electrons. The highest BCUT2D eigenvalue weighted by Crippen LogP contribution is 2.26. The fraction of sp³-hybridized carbons (Fsp3) is 0.167. The van der Waals surface area contributed by atoms with Crippen LogP contribution in [0.15, 0.2) is 27.4 Å². The Morgan fingerprint density at radius 1 is 1.44 bits per heavy atom. The predicted molar refractivity (Wildman–Crippen MR) is 68.2 cm³/mol. The van der Waals surface area contributed by atoms with E-state index in [2.05, 4.69) is 9.97 Å². The molecule has 0 aliphatic heterocycles. The maximum absolute atomic E-state index is 11.1. The summed E-state index contributed by atoms with van der Waals surface area (Å²) in [4.78, 5) is 18.0. The number of nitrogens with zero attached hydrogens (tertiary/aromatic N) is 2. The number of nitrogens with one attached hydrogen (secondary N) is 1. The van der Waals surface area contributed by atoms with Gasteiger partial charge in [-0.2, -0.15) is 0 Å². The molecule has 0 spiro atoms. The first-order valence-electron chi connectivity index (χ1n) is 5.48. The highest BCUT2D eigenvalue weighted by molar-refractivity contribution is 5.80. The van der Waals surface area contributed by atoms with Crippen LogP contribution in [-0.4, -0.2) is 14.5 Å². The number of anilines is 1. The molecule has 0 saturated carbocycles. The maximum atomic E-state index is 11.1. The lowest BCUT2D eigenvalue weighted by molar-refractivity contribution is 0.555. The summed E-state index contributed by atoms with van der Waals surface area (Å²) in [5, 5.41) is 0. The summed E-state index contributed by atoms with van der Waals surface area (Å²) in [6.45, 7) is 1.95. The zero-order valence-corrected chi connectivity index (χ0v) is 10.0. The third-order valence-electron chi connectivity index (χ3n) is 3.11. The maximum Gasteiger partial charge on any atom is 0.417 e. The lowest BCUT2D eigenvalue weighted by Gasteiger charge is -2.00. The molecule has 0 radical (unpaired) electrons. The summed E-state index contributed by atoms with van der Waals surface area (Å²) in [5.74, 6) is 0.00249. The molecule has 2 aromatic heterocycles. The molecule has 0 bridgehead atoms. The molecule has 18 heavy (non-hydrogen) atoms. The Kier molecular flexibility index (Phi) is 2.07. The van der Waals surface area contributed by atoms with Crippen LogP contribution < -0.4 is 11.5 Å². The molecule has 1 aromatic carbocycles. The Bertz CT molecular complexity index is 794. The monoisotopic (exact) mass is 244 g/mol. The van der Waals surface area contributed by atoms with Gasteiger partial charge in [-0.05, 0) is 25.1 Å². The number of aromatic nitrogens is 3. The number of hydrogen-bond acceptors (Lipinski definition) is 4. The summed E-state index contributed by atoms with van der Waals surface area (Å²) >= 11 is 0. The zero-order chi connectivity index (χ0) is 12.9. The molecular weight excluding hydrogens is 232 g/mol. The molecule has 0 unspecified atom stereocenters. The number of nitrogens with two attached hydrogens (primary N) is 1. The molecule has 3 rings (SSSR count). The molecule has 6 nitrogen and oxygen atoms in total. The van der Waals surface area contributed by atoms with E-state index in [1.54, 1.807) is 6.07 Å². The lowest BCUT2D eigenvalue weighted by atomic mass is 10.1. The van der Waals surface area contributed by atoms with Crippen LogP contribution in [0, 0.1) is 6.92 Å². The highest BCUT2D eigenvalue weighted by atomic mass is 16.4. The number of hydrogen-bond donors (Lipinski definition) is 2. The van der Waals surface area contributed by atoms with Crippen molar-refractivity contribution in [3.05, 3.63) is 34.4 Å². The van der Waals surface area contributed by atoms with Crippen molar-refractivity contribution in [2.75, 3.05) is 5.73 Å². The summed E-state index contributed by atoms with van der Waals surface area (Å²) in [6, 6.07) is 5.43. The van der Waals surface area contributed by atoms with Gasteiger partial charge in [0.2, 0.25) is 5.95 Å². The van der Waals surface area contributed by atoms with Crippen molar-refractivity contribution >= 4 is 17.0 Å². The Morgan fingerprint density at radius 2 is 2.22 bits per heavy atom. The smallest absolute Gasteiger partial charge is 0.408 e. The minimum absolute atomic E-state index is 0.459. The first kappa shape index (κ1) is 10.6. The molecular formula is C12H12N4O2. The normalized spacial score (nSPS) is 11.2. The van der Waals surface area contributed by atoms with E-state index in [4.69, 9.17) is 10.2 Å². The van der Waals surface area contributed by atoms with Crippen LogP contribution in [0.4, 0.5) is 5.95 Å². The summed E-state index contributed by atoms with van der Waals surface area (Å²) in [6.07, 6.45) is 0. The Hall–Kier alpha value is -2.50. The predicted octanol–water partition coefficient (Wildman–Crippen LogP) is 1.41. The molecule has 0 amide bonds. The van der Waals surface area contributed by atoms with Gasteiger partial charge < -0.3 is 14.7 Å². The molecule has 0 saturated heterocycles. The van der Waals surface area contributed by atoms with Gasteiger partial charge in [-0.25, -0.2) is 9.78 Å². The van der Waals surface area contributed by atoms with E-state index < -0.39 is 5.76 Å². The first-order valence-corrected chi connectivity index (χ1v) is 5.48. The third-order valence-corrected chi connectivity index (χ3v) is 3.11. The molecule has 3 N–H and O–H groups in total. The molecule has 3 aromatic rings. The average molecular weight is 244 g/mol. The van der Waals surface area contributed by atoms with Crippen molar-refractivity contribution in [1.29, 1.82) is 0 Å². The topological polar surface area (TPSA) is 89.8 Å². The van der Waals surface area contributed by atoms with E-state index in [0.29, 0.717) is 17.0 Å². The summed E-state index contributed by atoms with van der Waals surface area (Å²) in [5.41, 5.74) is 9.63. The van der Waals surface area contributed by atoms with E-state index in [-0.39, 0.29) is 0 Å². The van der Waals surface area contributed by atoms with Gasteiger partial charge in [0.25, 0.3) is 0 Å². The van der Waals surface area contributed by atoms with Crippen molar-refractivity contribution < 1.29 is 4.42 Å². The van der Waals surface area contributed by atoms with Crippen molar-refractivity contribution in [3.63, 3.8) is 0 Å². The number of H-pyrrole nitrogens is 1. The second-order valence-corrected chi connectivity index (χ2v) is 4.19. The Labute approximate surface area is 102 Å². The molecule has 0 fully saturated rings. The second-order valence-electron chi connectivity index (χ2n) is 4.19. The van der Waals surface area contributed by atoms with Crippen molar-refractivity contribution in [2.45, 2.75) is 6.92 Å². The second kappa shape index (κ2) is 3.49. The zero-order valence-electron chi connectivity index (χ0n) is 10.0. The van der Waals surface area contributed by atoms with Gasteiger partial charge in [-0.1, -0.05) is 0 Å². The number of rotatable bonds is 1. The van der Waals surface area contributed by atoms with Gasteiger partial charge in [0, 0.05) is 18.3 Å². The fourth-order valence-electron chi connectivity index (χ4n) is 1.97. The summed E-state index contributed by atoms with van der Waals surface area (Å²) in [7, 11) is 1.86. The Morgan fingerprint density at radius 3 is 2.89 bits per heavy atom. The van der Waals surface area contributed by atoms with Crippen LogP contribution in [0.2, 0.25) is 0 Å². The van der Waals surface area contributed by atoms with Crippen molar-refractivity contribution in [2.24, 2.45) is 7.05 Å². The first-order chi connectivity index (χ1) is 8.56. The van der Waals surface area contributed by atoms with Crippen LogP contribution in [-0.2, 0) is 7.05 Å². The standard InChI is InChI=1S/C12H12N4O2/c1-6-10(15-11(13)16(6)2)7-3-4-9-8(5-7)14-12(17)18-9/h3-5H,1-2H3,(H2,13,15)(H,14,17). The van der Waals surface area contributed by atoms with Gasteiger partial charge in [0.05, 0.1) is 11.2 Å². The number of imidazole rings is 1. The number of fused-ring (bicyclic) bond motifs is 1. The van der Waals surface area contributed by atoms with Crippen LogP contribution in [0.3, 0.4) is 0 Å². The molecule has 0 atom stereocenters. The third kappa shape index (κ3) is 1.42. The molecule has 0 aliphatic carbocycles. The van der Waals surface area contributed by atoms with Gasteiger partial charge in [0.15, 0.2) is 5.58 Å². The minimum atomic E-state index is -0.459. The molecule has 6 heteroatoms. The van der Waals surface area contributed by atoms with E-state index in [1.165, 1.54) is 0 Å². The highest BCUT2D eigenvalue weighted by Gasteiger charge is 2.12. The van der Waals surface area contributed by atoms with E-state index in [9.17, 15) is 4.79 Å². The van der Waals surface area contributed by atoms with Gasteiger partial charge >= 0.3 is 5.76 Å². The number of oxazole rings is 1. The van der Waals surface area contributed by atoms with Crippen molar-refractivity contribution in [3.8, 4) is 11.3 Å². The van der Waals surface area contributed by atoms with Crippen LogP contribution in [0.1, 0.15) is 5.69 Å². The van der Waals surface area contributed by atoms with Crippen molar-refractivity contribution in [1.82, 2.24) is 14.5 Å². The average Bonchev–Trinajstić information content (AvgIpc) is 2.82. The number of aromatic amines is 1. The Balaban J connectivity index is 2.24. The SMILES string of the molecule is Cc1c(-c2ccc3oc(=O)[nH]c3c2)nc(N)n1C. The van der Waals surface area contributed by atoms with Gasteiger partial charge in [0.1, 0.15) is 0 Å². The van der Waals surface area contributed by atoms with Crippen LogP contribution in [0.5, 0.6) is 0 Å². The lowest BCUT2D eigenvalue weighted by Crippen LogP contribution is -1.97. The quantitative estimate of drug-likeness (QED) is 0.677. The number of benzene rings is 1. The van der Waals surface area contributed by atoms with Crippen LogP contribution >= 0.6 is 0 Å². The van der Waals surface area contributed by atoms with E-state index in [0.717, 1.165) is 17.0 Å². The van der Waals surface area contributed by atoms with E-state index >= 15 is 0 Å². The fourth-order valence-corrected chi connectivity index (χ4v) is 1.97. The molecule has 2 heterocycles. The van der Waals surface area contributed by atoms with Gasteiger partial charge in [-0.3, -0.25) is 4.98 Å².